The quantitative estimate of drug-likeness (QED) is 0.258. The monoisotopic (exact) mass is 640 g/mol. The van der Waals surface area contributed by atoms with Crippen LogP contribution in [0.3, 0.4) is 0 Å². The van der Waals surface area contributed by atoms with Crippen molar-refractivity contribution in [3.63, 3.8) is 0 Å². The number of aromatic nitrogens is 3. The average molecular weight is 641 g/mol. The second kappa shape index (κ2) is 11.8. The summed E-state index contributed by atoms with van der Waals surface area (Å²) in [5.41, 5.74) is 2.65. The van der Waals surface area contributed by atoms with Crippen molar-refractivity contribution in [2.45, 2.75) is 63.1 Å². The van der Waals surface area contributed by atoms with Crippen LogP contribution in [0.15, 0.2) is 18.2 Å². The smallest absolute Gasteiger partial charge is 0.417 e. The first-order valence-corrected chi connectivity index (χ1v) is 15.0. The molecular weight excluding hydrogens is 610 g/mol. The number of rotatable bonds is 4. The summed E-state index contributed by atoms with van der Waals surface area (Å²) in [5, 5.41) is 2.83. The summed E-state index contributed by atoms with van der Waals surface area (Å²) in [6.07, 6.45) is -1.98. The lowest BCUT2D eigenvalue weighted by Gasteiger charge is -2.20. The molecule has 0 amide bonds. The van der Waals surface area contributed by atoms with E-state index in [2.05, 4.69) is 25.2 Å². The second-order valence-electron chi connectivity index (χ2n) is 11.2. The molecule has 7 rings (SSSR count). The molecule has 0 spiro atoms. The van der Waals surface area contributed by atoms with Gasteiger partial charge in [0, 0.05) is 29.8 Å². The van der Waals surface area contributed by atoms with Crippen LogP contribution in [-0.2, 0) is 6.18 Å². The van der Waals surface area contributed by atoms with E-state index < -0.39 is 46.7 Å². The molecule has 236 valence electrons. The van der Waals surface area contributed by atoms with Gasteiger partial charge in [0.2, 0.25) is 5.88 Å². The van der Waals surface area contributed by atoms with Gasteiger partial charge in [0.15, 0.2) is 10.9 Å². The highest BCUT2D eigenvalue weighted by Crippen LogP contribution is 2.46. The van der Waals surface area contributed by atoms with Gasteiger partial charge >= 0.3 is 12.2 Å². The Labute approximate surface area is 252 Å². The third kappa shape index (κ3) is 5.72. The minimum atomic E-state index is -4.98. The Balaban J connectivity index is 0.000000323. The van der Waals surface area contributed by atoms with E-state index in [4.69, 9.17) is 15.2 Å². The Kier molecular flexibility index (Phi) is 8.22. The number of nitrogens with zero attached hydrogens (tertiary/aromatic N) is 4. The van der Waals surface area contributed by atoms with E-state index in [9.17, 15) is 22.0 Å². The van der Waals surface area contributed by atoms with Crippen molar-refractivity contribution in [3.05, 3.63) is 35.4 Å². The van der Waals surface area contributed by atoms with Gasteiger partial charge in [-0.05, 0) is 63.9 Å². The molecule has 3 aliphatic rings. The van der Waals surface area contributed by atoms with Crippen LogP contribution in [-0.4, -0.2) is 71.0 Å². The summed E-state index contributed by atoms with van der Waals surface area (Å²) >= 11 is 0.753. The van der Waals surface area contributed by atoms with Crippen molar-refractivity contribution in [1.29, 1.82) is 0 Å². The Morgan fingerprint density at radius 3 is 2.59 bits per heavy atom. The number of halogens is 6. The Morgan fingerprint density at radius 1 is 1.11 bits per heavy atom. The molecule has 4 atom stereocenters. The number of ether oxygens (including phenoxy) is 2. The zero-order chi connectivity index (χ0) is 31.3. The molecule has 0 aliphatic carbocycles. The molecule has 15 heteroatoms. The molecule has 3 fully saturated rings. The predicted octanol–water partition coefficient (Wildman–Crippen LogP) is 6.12. The number of fused-ring (bicyclic) bond motifs is 3. The van der Waals surface area contributed by atoms with Crippen LogP contribution in [0, 0.1) is 11.6 Å². The van der Waals surface area contributed by atoms with Crippen LogP contribution in [0.1, 0.15) is 38.2 Å². The molecular formula is C29H30F6N6O2S. The Hall–Kier alpha value is -3.43. The van der Waals surface area contributed by atoms with E-state index in [-0.39, 0.29) is 44.2 Å². The molecule has 0 radical (unpaired) electrons. The van der Waals surface area contributed by atoms with Gasteiger partial charge in [0.1, 0.15) is 23.6 Å². The van der Waals surface area contributed by atoms with Crippen LogP contribution in [0.4, 0.5) is 31.5 Å². The third-order valence-electron chi connectivity index (χ3n) is 8.32. The summed E-state index contributed by atoms with van der Waals surface area (Å²) in [5.74, 6) is -2.25. The van der Waals surface area contributed by atoms with Crippen molar-refractivity contribution < 1.29 is 35.8 Å². The molecule has 2 aromatic carbocycles. The van der Waals surface area contributed by atoms with Gasteiger partial charge in [-0.1, -0.05) is 11.3 Å². The summed E-state index contributed by atoms with van der Waals surface area (Å²) < 4.78 is 96.6. The molecule has 5 heterocycles. The van der Waals surface area contributed by atoms with Crippen LogP contribution < -0.4 is 20.5 Å². The van der Waals surface area contributed by atoms with Crippen molar-refractivity contribution in [2.24, 2.45) is 0 Å². The number of anilines is 1. The highest BCUT2D eigenvalue weighted by molar-refractivity contribution is 7.22. The van der Waals surface area contributed by atoms with Gasteiger partial charge in [-0.25, -0.2) is 18.2 Å². The van der Waals surface area contributed by atoms with Crippen LogP contribution in [0.5, 0.6) is 11.9 Å². The number of methoxy groups -OCH3 is 1. The predicted molar refractivity (Wildman–Crippen MR) is 155 cm³/mol. The van der Waals surface area contributed by atoms with E-state index in [1.807, 2.05) is 6.92 Å². The van der Waals surface area contributed by atoms with E-state index in [1.54, 1.807) is 0 Å². The average Bonchev–Trinajstić information content (AvgIpc) is 3.75. The summed E-state index contributed by atoms with van der Waals surface area (Å²) in [7, 11) is 1.25. The summed E-state index contributed by atoms with van der Waals surface area (Å²) in [6.45, 7) is 4.36. The Bertz CT molecular complexity index is 1690. The summed E-state index contributed by atoms with van der Waals surface area (Å²) in [4.78, 5) is 14.3. The van der Waals surface area contributed by atoms with E-state index in [0.29, 0.717) is 25.6 Å². The first-order chi connectivity index (χ1) is 20.9. The van der Waals surface area contributed by atoms with Crippen molar-refractivity contribution in [3.8, 4) is 23.0 Å². The molecule has 4 aromatic rings. The number of alkyl halides is 4. The molecule has 3 saturated heterocycles. The van der Waals surface area contributed by atoms with Gasteiger partial charge in [-0.2, -0.15) is 23.1 Å². The molecule has 2 aromatic heterocycles. The minimum absolute atomic E-state index is 0.0694. The molecule has 3 N–H and O–H groups in total. The normalized spacial score (nSPS) is 23.6. The number of thiazole rings is 1. The van der Waals surface area contributed by atoms with Gasteiger partial charge in [0.25, 0.3) is 0 Å². The van der Waals surface area contributed by atoms with E-state index >= 15 is 4.39 Å². The zero-order valence-electron chi connectivity index (χ0n) is 23.8. The van der Waals surface area contributed by atoms with Crippen LogP contribution in [0.2, 0.25) is 0 Å². The van der Waals surface area contributed by atoms with Crippen molar-refractivity contribution in [2.75, 3.05) is 32.5 Å². The molecule has 44 heavy (non-hydrogen) atoms. The maximum absolute atomic E-state index is 16.0. The molecule has 8 nitrogen and oxygen atoms in total. The largest absolute Gasteiger partial charge is 0.472 e. The van der Waals surface area contributed by atoms with E-state index in [1.165, 1.54) is 20.0 Å². The third-order valence-corrected chi connectivity index (χ3v) is 9.21. The van der Waals surface area contributed by atoms with Crippen LogP contribution >= 0.6 is 11.3 Å². The zero-order valence-corrected chi connectivity index (χ0v) is 24.7. The minimum Gasteiger partial charge on any atom is -0.472 e. The lowest BCUT2D eigenvalue weighted by atomic mass is 9.95. The highest BCUT2D eigenvalue weighted by atomic mass is 32.1. The number of nitrogens with one attached hydrogen (secondary N) is 1. The maximum atomic E-state index is 16.0. The first kappa shape index (κ1) is 30.6. The van der Waals surface area contributed by atoms with Gasteiger partial charge in [-0.3, -0.25) is 4.90 Å². The number of hydrogen-bond acceptors (Lipinski definition) is 9. The van der Waals surface area contributed by atoms with E-state index in [0.717, 1.165) is 42.5 Å². The number of benzene rings is 2. The molecule has 3 aliphatic heterocycles. The van der Waals surface area contributed by atoms with Crippen molar-refractivity contribution in [1.82, 2.24) is 25.2 Å². The molecule has 0 saturated carbocycles. The fourth-order valence-electron chi connectivity index (χ4n) is 6.21. The SMILES string of the molecule is COc1nc(OC2CCN[C@@H]2C)c2cc(C(F)(F)F)c(-c3ccc(F)c4sc(N)nc34)c(F)c2n1.FC1CC2CCCN2C1. The molecule has 3 unspecified atom stereocenters. The van der Waals surface area contributed by atoms with Crippen molar-refractivity contribution >= 4 is 37.6 Å². The highest BCUT2D eigenvalue weighted by Gasteiger charge is 2.39. The number of hydrogen-bond donors (Lipinski definition) is 2. The van der Waals surface area contributed by atoms with Gasteiger partial charge < -0.3 is 20.5 Å². The first-order valence-electron chi connectivity index (χ1n) is 14.2. The molecule has 0 bridgehead atoms. The topological polar surface area (TPSA) is 98.4 Å². The number of nitrogens with two attached hydrogens (primary N) is 1. The fourth-order valence-corrected chi connectivity index (χ4v) is 6.97. The lowest BCUT2D eigenvalue weighted by Crippen LogP contribution is -2.31. The summed E-state index contributed by atoms with van der Waals surface area (Å²) in [6, 6.07) is 2.96. The van der Waals surface area contributed by atoms with Crippen LogP contribution in [0.25, 0.3) is 32.2 Å². The maximum Gasteiger partial charge on any atom is 0.417 e. The number of nitrogen functional groups attached to an aromatic ring is 1. The second-order valence-corrected chi connectivity index (χ2v) is 12.2. The lowest BCUT2D eigenvalue weighted by molar-refractivity contribution is -0.137. The standard InChI is InChI=1S/C22H18F5N5O2S.C7H12FN/c1-8-13(5-6-29-8)34-19-10-7-11(22(25,26)27)14(15(24)16(10)31-21(32-19)33-2)9-3-4-12(23)18-17(9)30-20(28)35-18;8-6-4-7-2-1-3-9(7)5-6/h3-4,7-8,13,29H,5-6H2,1-2H3,(H2,28,30);6-7H,1-5H2/t8-,13?;/m1./s1. The Morgan fingerprint density at radius 2 is 1.91 bits per heavy atom. The van der Waals surface area contributed by atoms with Gasteiger partial charge in [-0.15, -0.1) is 0 Å². The van der Waals surface area contributed by atoms with Gasteiger partial charge in [0.05, 0.1) is 28.3 Å². The fraction of sp³-hybridized carbons (Fsp3) is 0.483.